The van der Waals surface area contributed by atoms with E-state index in [1.165, 1.54) is 0 Å². The fourth-order valence-corrected chi connectivity index (χ4v) is 2.21. The van der Waals surface area contributed by atoms with Crippen molar-refractivity contribution in [2.45, 2.75) is 18.9 Å². The summed E-state index contributed by atoms with van der Waals surface area (Å²) in [7, 11) is 1.98. The molecule has 1 heterocycles. The number of carbonyl (C=O) groups is 1. The maximum absolute atomic E-state index is 12.0. The number of nitrogens with zero attached hydrogens (tertiary/aromatic N) is 2. The quantitative estimate of drug-likeness (QED) is 0.475. The lowest BCUT2D eigenvalue weighted by molar-refractivity contribution is -0.119. The van der Waals surface area contributed by atoms with Crippen molar-refractivity contribution in [1.82, 2.24) is 4.90 Å². The summed E-state index contributed by atoms with van der Waals surface area (Å²) in [6, 6.07) is 7.43. The number of likely N-dealkylation sites (tertiary alicyclic amines) is 1. The van der Waals surface area contributed by atoms with Crippen LogP contribution >= 0.6 is 0 Å². The van der Waals surface area contributed by atoms with E-state index in [-0.39, 0.29) is 11.9 Å². The first-order valence-electron chi connectivity index (χ1n) is 6.05. The van der Waals surface area contributed by atoms with Gasteiger partial charge in [-0.05, 0) is 44.1 Å². The molecule has 0 bridgehead atoms. The predicted molar refractivity (Wildman–Crippen MR) is 72.5 cm³/mol. The van der Waals surface area contributed by atoms with Gasteiger partial charge < -0.3 is 11.2 Å². The first-order chi connectivity index (χ1) is 8.70. The monoisotopic (exact) mass is 246 g/mol. The number of anilines is 1. The largest absolute Gasteiger partial charge is 0.325 e. The molecule has 5 nitrogen and oxygen atoms in total. The van der Waals surface area contributed by atoms with Crippen molar-refractivity contribution in [3.05, 3.63) is 29.8 Å². The number of amides is 1. The SMILES string of the molecule is CN1CCC[C@H]1C(=O)Nc1ccc(C=NN)cc1. The first kappa shape index (κ1) is 12.6. The fraction of sp³-hybridized carbons (Fsp3) is 0.385. The van der Waals surface area contributed by atoms with Gasteiger partial charge in [0.2, 0.25) is 5.91 Å². The van der Waals surface area contributed by atoms with E-state index in [0.717, 1.165) is 30.6 Å². The Morgan fingerprint density at radius 1 is 1.50 bits per heavy atom. The molecule has 5 heteroatoms. The highest BCUT2D eigenvalue weighted by Gasteiger charge is 2.27. The highest BCUT2D eigenvalue weighted by molar-refractivity contribution is 5.95. The number of likely N-dealkylation sites (N-methyl/N-ethyl adjacent to an activating group) is 1. The highest BCUT2D eigenvalue weighted by atomic mass is 16.2. The Bertz CT molecular complexity index is 441. The van der Waals surface area contributed by atoms with E-state index in [9.17, 15) is 4.79 Å². The first-order valence-corrected chi connectivity index (χ1v) is 6.05. The zero-order valence-corrected chi connectivity index (χ0v) is 10.5. The van der Waals surface area contributed by atoms with Gasteiger partial charge in [-0.25, -0.2) is 0 Å². The summed E-state index contributed by atoms with van der Waals surface area (Å²) < 4.78 is 0. The van der Waals surface area contributed by atoms with Crippen LogP contribution < -0.4 is 11.2 Å². The molecule has 0 aromatic heterocycles. The second kappa shape index (κ2) is 5.64. The van der Waals surface area contributed by atoms with Crippen molar-refractivity contribution < 1.29 is 4.79 Å². The summed E-state index contributed by atoms with van der Waals surface area (Å²) in [5.74, 6) is 5.14. The average Bonchev–Trinajstić information content (AvgIpc) is 2.78. The van der Waals surface area contributed by atoms with E-state index in [4.69, 9.17) is 5.84 Å². The minimum Gasteiger partial charge on any atom is -0.325 e. The maximum Gasteiger partial charge on any atom is 0.241 e. The molecule has 96 valence electrons. The van der Waals surface area contributed by atoms with E-state index in [1.807, 2.05) is 31.3 Å². The molecule has 1 saturated heterocycles. The lowest BCUT2D eigenvalue weighted by Crippen LogP contribution is -2.37. The van der Waals surface area contributed by atoms with Crippen LogP contribution in [0, 0.1) is 0 Å². The van der Waals surface area contributed by atoms with Gasteiger partial charge in [0.05, 0.1) is 12.3 Å². The van der Waals surface area contributed by atoms with E-state index >= 15 is 0 Å². The number of carbonyl (C=O) groups excluding carboxylic acids is 1. The molecule has 0 saturated carbocycles. The van der Waals surface area contributed by atoms with Crippen molar-refractivity contribution in [2.24, 2.45) is 10.9 Å². The van der Waals surface area contributed by atoms with Gasteiger partial charge in [-0.2, -0.15) is 5.10 Å². The molecule has 1 fully saturated rings. The molecule has 1 aromatic rings. The highest BCUT2D eigenvalue weighted by Crippen LogP contribution is 2.17. The number of hydrogen-bond acceptors (Lipinski definition) is 4. The third-order valence-electron chi connectivity index (χ3n) is 3.22. The van der Waals surface area contributed by atoms with Gasteiger partial charge in [-0.3, -0.25) is 9.69 Å². The molecule has 1 aliphatic rings. The molecule has 0 aliphatic carbocycles. The Balaban J connectivity index is 1.98. The number of rotatable bonds is 3. The molecule has 1 aliphatic heterocycles. The normalized spacial score (nSPS) is 20.4. The molecular formula is C13H18N4O. The molecule has 2 rings (SSSR count). The van der Waals surface area contributed by atoms with Gasteiger partial charge in [-0.15, -0.1) is 0 Å². The van der Waals surface area contributed by atoms with E-state index < -0.39 is 0 Å². The molecule has 0 spiro atoms. The summed E-state index contributed by atoms with van der Waals surface area (Å²) in [6.07, 6.45) is 3.58. The van der Waals surface area contributed by atoms with Crippen LogP contribution in [-0.4, -0.2) is 36.7 Å². The molecule has 1 amide bonds. The van der Waals surface area contributed by atoms with E-state index in [1.54, 1.807) is 6.21 Å². The van der Waals surface area contributed by atoms with Crippen LogP contribution in [-0.2, 0) is 4.79 Å². The van der Waals surface area contributed by atoms with Crippen molar-refractivity contribution in [1.29, 1.82) is 0 Å². The molecule has 18 heavy (non-hydrogen) atoms. The van der Waals surface area contributed by atoms with Crippen molar-refractivity contribution in [2.75, 3.05) is 18.9 Å². The third-order valence-corrected chi connectivity index (χ3v) is 3.22. The molecule has 0 radical (unpaired) electrons. The van der Waals surface area contributed by atoms with Gasteiger partial charge >= 0.3 is 0 Å². The molecule has 1 atom stereocenters. The second-order valence-electron chi connectivity index (χ2n) is 4.53. The number of benzene rings is 1. The van der Waals surface area contributed by atoms with Crippen LogP contribution in [0.4, 0.5) is 5.69 Å². The number of hydrazone groups is 1. The standard InChI is InChI=1S/C13H18N4O/c1-17-8-2-3-12(17)13(18)16-11-6-4-10(5-7-11)9-15-14/h4-7,9,12H,2-3,8,14H2,1H3,(H,16,18)/t12-/m0/s1. The van der Waals surface area contributed by atoms with Crippen molar-refractivity contribution >= 4 is 17.8 Å². The number of nitrogens with one attached hydrogen (secondary N) is 1. The summed E-state index contributed by atoms with van der Waals surface area (Å²) in [5.41, 5.74) is 1.71. The summed E-state index contributed by atoms with van der Waals surface area (Å²) in [4.78, 5) is 14.1. The number of hydrogen-bond donors (Lipinski definition) is 2. The second-order valence-corrected chi connectivity index (χ2v) is 4.53. The van der Waals surface area contributed by atoms with E-state index in [0.29, 0.717) is 0 Å². The molecule has 1 aromatic carbocycles. The lowest BCUT2D eigenvalue weighted by Gasteiger charge is -2.18. The number of nitrogens with two attached hydrogens (primary N) is 1. The van der Waals surface area contributed by atoms with Crippen LogP contribution in [0.2, 0.25) is 0 Å². The van der Waals surface area contributed by atoms with Gasteiger partial charge in [0.1, 0.15) is 0 Å². The fourth-order valence-electron chi connectivity index (χ4n) is 2.21. The maximum atomic E-state index is 12.0. The minimum absolute atomic E-state index is 0.00437. The van der Waals surface area contributed by atoms with Crippen molar-refractivity contribution in [3.8, 4) is 0 Å². The topological polar surface area (TPSA) is 70.7 Å². The van der Waals surface area contributed by atoms with Crippen LogP contribution in [0.3, 0.4) is 0 Å². The molecule has 0 unspecified atom stereocenters. The Hall–Kier alpha value is -1.88. The minimum atomic E-state index is -0.00437. The third kappa shape index (κ3) is 2.87. The summed E-state index contributed by atoms with van der Waals surface area (Å²) in [6.45, 7) is 0.990. The van der Waals surface area contributed by atoms with Crippen LogP contribution in [0.1, 0.15) is 18.4 Å². The van der Waals surface area contributed by atoms with Gasteiger partial charge in [0, 0.05) is 5.69 Å². The summed E-state index contributed by atoms with van der Waals surface area (Å²) >= 11 is 0. The average molecular weight is 246 g/mol. The molecule has 3 N–H and O–H groups in total. The van der Waals surface area contributed by atoms with Crippen LogP contribution in [0.25, 0.3) is 0 Å². The zero-order chi connectivity index (χ0) is 13.0. The Labute approximate surface area is 107 Å². The van der Waals surface area contributed by atoms with Crippen LogP contribution in [0.15, 0.2) is 29.4 Å². The smallest absolute Gasteiger partial charge is 0.241 e. The Morgan fingerprint density at radius 2 is 2.22 bits per heavy atom. The summed E-state index contributed by atoms with van der Waals surface area (Å²) in [5, 5.41) is 6.38. The zero-order valence-electron chi connectivity index (χ0n) is 10.5. The predicted octanol–water partition coefficient (Wildman–Crippen LogP) is 1.01. The van der Waals surface area contributed by atoms with Gasteiger partial charge in [-0.1, -0.05) is 12.1 Å². The Kier molecular flexibility index (Phi) is 3.94. The lowest BCUT2D eigenvalue weighted by atomic mass is 10.2. The van der Waals surface area contributed by atoms with Crippen molar-refractivity contribution in [3.63, 3.8) is 0 Å². The van der Waals surface area contributed by atoms with Gasteiger partial charge in [0.15, 0.2) is 0 Å². The van der Waals surface area contributed by atoms with Gasteiger partial charge in [0.25, 0.3) is 0 Å². The van der Waals surface area contributed by atoms with E-state index in [2.05, 4.69) is 15.3 Å². The van der Waals surface area contributed by atoms with Crippen LogP contribution in [0.5, 0.6) is 0 Å². The molecular weight excluding hydrogens is 228 g/mol. The Morgan fingerprint density at radius 3 is 2.78 bits per heavy atom.